The van der Waals surface area contributed by atoms with Crippen LogP contribution in [0.25, 0.3) is 22.0 Å². The summed E-state index contributed by atoms with van der Waals surface area (Å²) in [6, 6.07) is 14.9. The van der Waals surface area contributed by atoms with Crippen LogP contribution in [0.15, 0.2) is 62.2 Å². The second-order valence-electron chi connectivity index (χ2n) is 5.84. The number of H-pyrrole nitrogens is 1. The summed E-state index contributed by atoms with van der Waals surface area (Å²) < 4.78 is 12.8. The molecule has 0 saturated heterocycles. The first-order chi connectivity index (χ1) is 12.6. The molecule has 132 valence electrons. The standard InChI is InChI=1S/C19H15BrN2O4/c20-16-12-6-1-2-7-13(12)21-17(16)18(23)25-11-5-10-22-14-8-3-4-9-15(14)26-19(22)24/h1-4,6-9,21H,5,10-11H2. The van der Waals surface area contributed by atoms with E-state index in [0.29, 0.717) is 28.7 Å². The number of hydrogen-bond acceptors (Lipinski definition) is 4. The van der Waals surface area contributed by atoms with E-state index in [1.54, 1.807) is 10.6 Å². The predicted octanol–water partition coefficient (Wildman–Crippen LogP) is 4.09. The molecule has 26 heavy (non-hydrogen) atoms. The zero-order valence-corrected chi connectivity index (χ0v) is 15.3. The van der Waals surface area contributed by atoms with E-state index in [-0.39, 0.29) is 6.61 Å². The molecule has 0 atom stereocenters. The van der Waals surface area contributed by atoms with Gasteiger partial charge in [-0.15, -0.1) is 0 Å². The average Bonchev–Trinajstić information content (AvgIpc) is 3.16. The van der Waals surface area contributed by atoms with Gasteiger partial charge in [0, 0.05) is 17.4 Å². The van der Waals surface area contributed by atoms with Crippen molar-refractivity contribution in [3.8, 4) is 0 Å². The van der Waals surface area contributed by atoms with Crippen molar-refractivity contribution in [3.05, 3.63) is 69.2 Å². The summed E-state index contributed by atoms with van der Waals surface area (Å²) in [6.45, 7) is 0.615. The molecular weight excluding hydrogens is 400 g/mol. The van der Waals surface area contributed by atoms with Gasteiger partial charge in [0.25, 0.3) is 0 Å². The normalized spacial score (nSPS) is 11.3. The lowest BCUT2D eigenvalue weighted by Crippen LogP contribution is -2.16. The largest absolute Gasteiger partial charge is 0.461 e. The maximum absolute atomic E-state index is 12.3. The van der Waals surface area contributed by atoms with Crippen LogP contribution in [0.3, 0.4) is 0 Å². The Bertz CT molecular complexity index is 1160. The van der Waals surface area contributed by atoms with E-state index in [1.165, 1.54) is 0 Å². The fourth-order valence-corrected chi connectivity index (χ4v) is 3.54. The van der Waals surface area contributed by atoms with Gasteiger partial charge in [-0.25, -0.2) is 9.59 Å². The maximum Gasteiger partial charge on any atom is 0.419 e. The second kappa shape index (κ2) is 6.84. The molecule has 0 unspecified atom stereocenters. The number of rotatable bonds is 5. The van der Waals surface area contributed by atoms with Crippen molar-refractivity contribution in [1.82, 2.24) is 9.55 Å². The molecule has 1 N–H and O–H groups in total. The number of ether oxygens (including phenoxy) is 1. The van der Waals surface area contributed by atoms with Crippen LogP contribution in [0.5, 0.6) is 0 Å². The Morgan fingerprint density at radius 1 is 1.15 bits per heavy atom. The number of hydrogen-bond donors (Lipinski definition) is 1. The van der Waals surface area contributed by atoms with Gasteiger partial charge in [-0.05, 0) is 40.5 Å². The first-order valence-electron chi connectivity index (χ1n) is 8.17. The van der Waals surface area contributed by atoms with E-state index >= 15 is 0 Å². The number of aromatic amines is 1. The van der Waals surface area contributed by atoms with E-state index in [4.69, 9.17) is 9.15 Å². The summed E-state index contributed by atoms with van der Waals surface area (Å²) in [5.41, 5.74) is 2.54. The Morgan fingerprint density at radius 3 is 2.77 bits per heavy atom. The molecule has 2 aromatic heterocycles. The lowest BCUT2D eigenvalue weighted by molar-refractivity contribution is 0.0489. The molecule has 6 nitrogen and oxygen atoms in total. The van der Waals surface area contributed by atoms with Gasteiger partial charge in [-0.2, -0.15) is 0 Å². The predicted molar refractivity (Wildman–Crippen MR) is 101 cm³/mol. The highest BCUT2D eigenvalue weighted by atomic mass is 79.9. The molecule has 0 saturated carbocycles. The van der Waals surface area contributed by atoms with Crippen molar-refractivity contribution in [2.75, 3.05) is 6.61 Å². The number of nitrogens with zero attached hydrogens (tertiary/aromatic N) is 1. The molecule has 0 aliphatic carbocycles. The Kier molecular flexibility index (Phi) is 4.38. The highest BCUT2D eigenvalue weighted by Gasteiger charge is 2.17. The molecule has 0 amide bonds. The first-order valence-corrected chi connectivity index (χ1v) is 8.96. The van der Waals surface area contributed by atoms with E-state index in [0.717, 1.165) is 16.4 Å². The van der Waals surface area contributed by atoms with Crippen LogP contribution in [-0.2, 0) is 11.3 Å². The van der Waals surface area contributed by atoms with E-state index < -0.39 is 11.7 Å². The van der Waals surface area contributed by atoms with E-state index in [9.17, 15) is 9.59 Å². The number of oxazole rings is 1. The maximum atomic E-state index is 12.3. The molecule has 0 spiro atoms. The van der Waals surface area contributed by atoms with Crippen molar-refractivity contribution in [1.29, 1.82) is 0 Å². The minimum atomic E-state index is -0.433. The minimum absolute atomic E-state index is 0.201. The van der Waals surface area contributed by atoms with Crippen molar-refractivity contribution in [3.63, 3.8) is 0 Å². The Balaban J connectivity index is 1.41. The molecule has 0 radical (unpaired) electrons. The molecule has 0 fully saturated rings. The number of benzene rings is 2. The molecule has 0 aliphatic heterocycles. The molecule has 2 aromatic carbocycles. The van der Waals surface area contributed by atoms with Gasteiger partial charge in [-0.1, -0.05) is 30.3 Å². The molecule has 4 aromatic rings. The number of carbonyl (C=O) groups excluding carboxylic acids is 1. The van der Waals surface area contributed by atoms with Gasteiger partial charge >= 0.3 is 11.7 Å². The van der Waals surface area contributed by atoms with Gasteiger partial charge in [0.1, 0.15) is 5.69 Å². The van der Waals surface area contributed by atoms with Crippen LogP contribution in [0.4, 0.5) is 0 Å². The van der Waals surface area contributed by atoms with Crippen molar-refractivity contribution in [2.45, 2.75) is 13.0 Å². The van der Waals surface area contributed by atoms with Crippen LogP contribution >= 0.6 is 15.9 Å². The third-order valence-electron chi connectivity index (χ3n) is 4.18. The fourth-order valence-electron chi connectivity index (χ4n) is 2.93. The lowest BCUT2D eigenvalue weighted by Gasteiger charge is -2.05. The molecule has 0 aliphatic rings. The zero-order chi connectivity index (χ0) is 18.1. The number of aryl methyl sites for hydroxylation is 1. The van der Waals surface area contributed by atoms with Gasteiger partial charge in [-0.3, -0.25) is 4.57 Å². The quantitative estimate of drug-likeness (QED) is 0.394. The van der Waals surface area contributed by atoms with E-state index in [2.05, 4.69) is 20.9 Å². The fraction of sp³-hybridized carbons (Fsp3) is 0.158. The van der Waals surface area contributed by atoms with Crippen LogP contribution in [0, 0.1) is 0 Å². The molecule has 2 heterocycles. The summed E-state index contributed by atoms with van der Waals surface area (Å²) in [6.07, 6.45) is 0.507. The summed E-state index contributed by atoms with van der Waals surface area (Å²) in [5, 5.41) is 0.927. The van der Waals surface area contributed by atoms with Crippen LogP contribution in [0.2, 0.25) is 0 Å². The van der Waals surface area contributed by atoms with Gasteiger partial charge in [0.15, 0.2) is 5.58 Å². The summed E-state index contributed by atoms with van der Waals surface area (Å²) in [4.78, 5) is 27.3. The number of esters is 1. The minimum Gasteiger partial charge on any atom is -0.461 e. The zero-order valence-electron chi connectivity index (χ0n) is 13.7. The van der Waals surface area contributed by atoms with Crippen molar-refractivity contribution in [2.24, 2.45) is 0 Å². The van der Waals surface area contributed by atoms with Crippen molar-refractivity contribution < 1.29 is 13.9 Å². The number of nitrogens with one attached hydrogen (secondary N) is 1. The van der Waals surface area contributed by atoms with E-state index in [1.807, 2.05) is 42.5 Å². The molecule has 0 bridgehead atoms. The first kappa shape index (κ1) is 16.7. The van der Waals surface area contributed by atoms with Gasteiger partial charge in [0.2, 0.25) is 0 Å². The summed E-state index contributed by atoms with van der Waals surface area (Å²) in [5.74, 6) is -0.839. The van der Waals surface area contributed by atoms with Crippen LogP contribution < -0.4 is 5.76 Å². The smallest absolute Gasteiger partial charge is 0.419 e. The number of aromatic nitrogens is 2. The number of para-hydroxylation sites is 3. The lowest BCUT2D eigenvalue weighted by atomic mass is 10.2. The average molecular weight is 415 g/mol. The monoisotopic (exact) mass is 414 g/mol. The SMILES string of the molecule is O=C(OCCCn1c(=O)oc2ccccc21)c1[nH]c2ccccc2c1Br. The highest BCUT2D eigenvalue weighted by Crippen LogP contribution is 2.28. The number of carbonyl (C=O) groups is 1. The number of fused-ring (bicyclic) bond motifs is 2. The molecular formula is C19H15BrN2O4. The summed E-state index contributed by atoms with van der Waals surface area (Å²) >= 11 is 3.44. The third-order valence-corrected chi connectivity index (χ3v) is 5.00. The van der Waals surface area contributed by atoms with Gasteiger partial charge in [0.05, 0.1) is 16.6 Å². The Morgan fingerprint density at radius 2 is 1.92 bits per heavy atom. The topological polar surface area (TPSA) is 77.2 Å². The number of halogens is 1. The Hall–Kier alpha value is -2.80. The van der Waals surface area contributed by atoms with Crippen LogP contribution in [-0.4, -0.2) is 22.1 Å². The molecule has 4 rings (SSSR count). The summed E-state index contributed by atoms with van der Waals surface area (Å²) in [7, 11) is 0. The second-order valence-corrected chi connectivity index (χ2v) is 6.63. The highest BCUT2D eigenvalue weighted by molar-refractivity contribution is 9.10. The Labute approximate surface area is 156 Å². The molecule has 7 heteroatoms. The van der Waals surface area contributed by atoms with Crippen LogP contribution in [0.1, 0.15) is 16.9 Å². The van der Waals surface area contributed by atoms with Crippen molar-refractivity contribution >= 4 is 43.9 Å². The van der Waals surface area contributed by atoms with Gasteiger partial charge < -0.3 is 14.1 Å². The third kappa shape index (κ3) is 2.94.